The molecule has 1 amide bonds. The molecule has 1 aromatic rings. The smallest absolute Gasteiger partial charge is 0.238 e. The average Bonchev–Trinajstić information content (AvgIpc) is 2.75. The molecular formula is C15H22N2O. The summed E-state index contributed by atoms with van der Waals surface area (Å²) in [6.45, 7) is 4.61. The molecule has 0 aromatic heterocycles. The second-order valence-corrected chi connectivity index (χ2v) is 5.39. The third kappa shape index (κ3) is 3.10. The van der Waals surface area contributed by atoms with E-state index in [1.165, 1.54) is 24.0 Å². The van der Waals surface area contributed by atoms with Gasteiger partial charge in [-0.3, -0.25) is 9.69 Å². The largest absolute Gasteiger partial charge is 0.325 e. The number of hydrogen-bond donors (Lipinski definition) is 1. The molecule has 0 bridgehead atoms. The minimum Gasteiger partial charge on any atom is -0.325 e. The second kappa shape index (κ2) is 5.53. The number of anilines is 1. The Balaban J connectivity index is 1.95. The second-order valence-electron chi connectivity index (χ2n) is 5.39. The lowest BCUT2D eigenvalue weighted by Crippen LogP contribution is -2.34. The highest BCUT2D eigenvalue weighted by molar-refractivity contribution is 5.92. The van der Waals surface area contributed by atoms with E-state index in [9.17, 15) is 4.79 Å². The molecule has 0 heterocycles. The number of amides is 1. The normalized spacial score (nSPS) is 14.1. The molecule has 1 aliphatic carbocycles. The molecule has 1 aliphatic rings. The number of benzene rings is 1. The van der Waals surface area contributed by atoms with Crippen LogP contribution in [0.2, 0.25) is 0 Å². The third-order valence-corrected chi connectivity index (χ3v) is 3.66. The molecule has 3 heteroatoms. The van der Waals surface area contributed by atoms with Gasteiger partial charge in [-0.1, -0.05) is 6.07 Å². The van der Waals surface area contributed by atoms with Crippen molar-refractivity contribution >= 4 is 11.6 Å². The van der Waals surface area contributed by atoms with E-state index in [-0.39, 0.29) is 5.91 Å². The zero-order chi connectivity index (χ0) is 13.1. The minimum atomic E-state index is 0.0594. The number of carbonyl (C=O) groups excluding carboxylic acids is 1. The topological polar surface area (TPSA) is 32.3 Å². The van der Waals surface area contributed by atoms with E-state index in [4.69, 9.17) is 0 Å². The van der Waals surface area contributed by atoms with Crippen molar-refractivity contribution in [1.29, 1.82) is 0 Å². The van der Waals surface area contributed by atoms with Crippen molar-refractivity contribution in [2.75, 3.05) is 18.9 Å². The van der Waals surface area contributed by atoms with Gasteiger partial charge in [0.15, 0.2) is 0 Å². The van der Waals surface area contributed by atoms with Gasteiger partial charge in [-0.15, -0.1) is 0 Å². The molecule has 0 aliphatic heterocycles. The Labute approximate surface area is 109 Å². The third-order valence-electron chi connectivity index (χ3n) is 3.66. The van der Waals surface area contributed by atoms with E-state index in [2.05, 4.69) is 31.3 Å². The molecule has 98 valence electrons. The van der Waals surface area contributed by atoms with Crippen molar-refractivity contribution in [3.05, 3.63) is 29.3 Å². The summed E-state index contributed by atoms with van der Waals surface area (Å²) in [4.78, 5) is 13.9. The molecule has 0 atom stereocenters. The summed E-state index contributed by atoms with van der Waals surface area (Å²) in [5, 5.41) is 2.98. The Bertz CT molecular complexity index is 440. The summed E-state index contributed by atoms with van der Waals surface area (Å²) in [6.07, 6.45) is 3.56. The average molecular weight is 246 g/mol. The fourth-order valence-corrected chi connectivity index (χ4v) is 2.26. The van der Waals surface area contributed by atoms with Gasteiger partial charge in [0.05, 0.1) is 6.54 Å². The van der Waals surface area contributed by atoms with Crippen LogP contribution in [-0.4, -0.2) is 30.4 Å². The Morgan fingerprint density at radius 1 is 1.33 bits per heavy atom. The van der Waals surface area contributed by atoms with Gasteiger partial charge in [0.1, 0.15) is 0 Å². The minimum absolute atomic E-state index is 0.0594. The van der Waals surface area contributed by atoms with Crippen molar-refractivity contribution in [1.82, 2.24) is 4.90 Å². The Morgan fingerprint density at radius 3 is 2.78 bits per heavy atom. The van der Waals surface area contributed by atoms with Crippen LogP contribution in [0.3, 0.4) is 0 Å². The predicted molar refractivity (Wildman–Crippen MR) is 74.9 cm³/mol. The van der Waals surface area contributed by atoms with Gasteiger partial charge in [0, 0.05) is 11.7 Å². The lowest BCUT2D eigenvalue weighted by Gasteiger charge is -2.20. The first-order valence-electron chi connectivity index (χ1n) is 6.68. The lowest BCUT2D eigenvalue weighted by molar-refractivity contribution is -0.117. The van der Waals surface area contributed by atoms with E-state index in [0.717, 1.165) is 12.1 Å². The highest BCUT2D eigenvalue weighted by atomic mass is 16.2. The number of nitrogens with zero attached hydrogens (tertiary/aromatic N) is 1. The molecule has 0 saturated heterocycles. The number of likely N-dealkylation sites (N-methyl/N-ethyl adjacent to an activating group) is 1. The first-order chi connectivity index (χ1) is 8.56. The van der Waals surface area contributed by atoms with E-state index in [1.807, 2.05) is 18.0 Å². The lowest BCUT2D eigenvalue weighted by atomic mass is 10.1. The summed E-state index contributed by atoms with van der Waals surface area (Å²) in [5.74, 6) is 0.0594. The summed E-state index contributed by atoms with van der Waals surface area (Å²) < 4.78 is 0. The number of fused-ring (bicyclic) bond motifs is 1. The highest BCUT2D eigenvalue weighted by Crippen LogP contribution is 2.24. The van der Waals surface area contributed by atoms with Gasteiger partial charge in [0.2, 0.25) is 5.91 Å². The summed E-state index contributed by atoms with van der Waals surface area (Å²) in [6, 6.07) is 6.66. The van der Waals surface area contributed by atoms with E-state index in [0.29, 0.717) is 12.6 Å². The molecule has 0 radical (unpaired) electrons. The SMILES string of the molecule is CC(C)N(C)CC(=O)Nc1ccc2c(c1)CCC2. The van der Waals surface area contributed by atoms with Crippen molar-refractivity contribution in [3.8, 4) is 0 Å². The molecule has 0 spiro atoms. The van der Waals surface area contributed by atoms with Gasteiger partial charge >= 0.3 is 0 Å². The maximum atomic E-state index is 11.9. The van der Waals surface area contributed by atoms with Gasteiger partial charge in [0.25, 0.3) is 0 Å². The van der Waals surface area contributed by atoms with Gasteiger partial charge < -0.3 is 5.32 Å². The van der Waals surface area contributed by atoms with Crippen LogP contribution in [0.15, 0.2) is 18.2 Å². The summed E-state index contributed by atoms with van der Waals surface area (Å²) in [5.41, 5.74) is 3.76. The predicted octanol–water partition coefficient (Wildman–Crippen LogP) is 2.45. The molecule has 1 N–H and O–H groups in total. The van der Waals surface area contributed by atoms with E-state index >= 15 is 0 Å². The van der Waals surface area contributed by atoms with Gasteiger partial charge in [-0.05, 0) is 63.4 Å². The standard InChI is InChI=1S/C15H22N2O/c1-11(2)17(3)10-15(18)16-14-8-7-12-5-4-6-13(12)9-14/h7-9,11H,4-6,10H2,1-3H3,(H,16,18). The fraction of sp³-hybridized carbons (Fsp3) is 0.533. The van der Waals surface area contributed by atoms with Crippen molar-refractivity contribution in [3.63, 3.8) is 0 Å². The van der Waals surface area contributed by atoms with Crippen molar-refractivity contribution in [2.45, 2.75) is 39.2 Å². The Morgan fingerprint density at radius 2 is 2.06 bits per heavy atom. The molecule has 1 aromatic carbocycles. The van der Waals surface area contributed by atoms with Crippen LogP contribution >= 0.6 is 0 Å². The molecule has 3 nitrogen and oxygen atoms in total. The first-order valence-corrected chi connectivity index (χ1v) is 6.68. The first kappa shape index (κ1) is 13.1. The molecule has 0 saturated carbocycles. The highest BCUT2D eigenvalue weighted by Gasteiger charge is 2.13. The Kier molecular flexibility index (Phi) is 4.02. The van der Waals surface area contributed by atoms with Crippen LogP contribution in [0, 0.1) is 0 Å². The fourth-order valence-electron chi connectivity index (χ4n) is 2.26. The summed E-state index contributed by atoms with van der Waals surface area (Å²) >= 11 is 0. The molecular weight excluding hydrogens is 224 g/mol. The van der Waals surface area contributed by atoms with Crippen LogP contribution < -0.4 is 5.32 Å². The zero-order valence-electron chi connectivity index (χ0n) is 11.5. The molecule has 18 heavy (non-hydrogen) atoms. The zero-order valence-corrected chi connectivity index (χ0v) is 11.5. The Hall–Kier alpha value is -1.35. The number of aryl methyl sites for hydroxylation is 2. The molecule has 2 rings (SSSR count). The summed E-state index contributed by atoms with van der Waals surface area (Å²) in [7, 11) is 1.97. The monoisotopic (exact) mass is 246 g/mol. The molecule has 0 unspecified atom stereocenters. The van der Waals surface area contributed by atoms with Crippen molar-refractivity contribution < 1.29 is 4.79 Å². The molecule has 0 fully saturated rings. The maximum absolute atomic E-state index is 11.9. The van der Waals surface area contributed by atoms with E-state index in [1.54, 1.807) is 0 Å². The number of carbonyl (C=O) groups is 1. The van der Waals surface area contributed by atoms with E-state index < -0.39 is 0 Å². The van der Waals surface area contributed by atoms with Crippen LogP contribution in [0.5, 0.6) is 0 Å². The maximum Gasteiger partial charge on any atom is 0.238 e. The number of rotatable bonds is 4. The van der Waals surface area contributed by atoms with Crippen LogP contribution in [0.4, 0.5) is 5.69 Å². The number of hydrogen-bond acceptors (Lipinski definition) is 2. The van der Waals surface area contributed by atoms with Crippen LogP contribution in [0.1, 0.15) is 31.4 Å². The quantitative estimate of drug-likeness (QED) is 0.885. The van der Waals surface area contributed by atoms with Crippen LogP contribution in [-0.2, 0) is 17.6 Å². The van der Waals surface area contributed by atoms with Crippen molar-refractivity contribution in [2.24, 2.45) is 0 Å². The van der Waals surface area contributed by atoms with Gasteiger partial charge in [-0.2, -0.15) is 0 Å². The van der Waals surface area contributed by atoms with Gasteiger partial charge in [-0.25, -0.2) is 0 Å². The van der Waals surface area contributed by atoms with Crippen LogP contribution in [0.25, 0.3) is 0 Å². The number of nitrogens with one attached hydrogen (secondary N) is 1.